The van der Waals surface area contributed by atoms with E-state index in [1.807, 2.05) is 13.0 Å². The third kappa shape index (κ3) is 2.58. The fourth-order valence-corrected chi connectivity index (χ4v) is 1.78. The quantitative estimate of drug-likeness (QED) is 0.827. The van der Waals surface area contributed by atoms with Crippen molar-refractivity contribution in [2.24, 2.45) is 0 Å². The van der Waals surface area contributed by atoms with Gasteiger partial charge in [0.25, 0.3) is 0 Å². The Bertz CT molecular complexity index is 516. The molecule has 1 aromatic carbocycles. The summed E-state index contributed by atoms with van der Waals surface area (Å²) >= 11 is 3.34. The van der Waals surface area contributed by atoms with E-state index in [-0.39, 0.29) is 5.82 Å². The minimum Gasteiger partial charge on any atom is -0.438 e. The second kappa shape index (κ2) is 4.61. The number of halogens is 2. The van der Waals surface area contributed by atoms with Crippen molar-refractivity contribution in [1.82, 2.24) is 4.98 Å². The van der Waals surface area contributed by atoms with Crippen LogP contribution in [0.1, 0.15) is 5.56 Å². The van der Waals surface area contributed by atoms with Gasteiger partial charge in [0.2, 0.25) is 5.88 Å². The third-order valence-corrected chi connectivity index (χ3v) is 2.52. The maximum atomic E-state index is 12.9. The molecule has 0 amide bonds. The van der Waals surface area contributed by atoms with Gasteiger partial charge in [-0.2, -0.15) is 0 Å². The van der Waals surface area contributed by atoms with Crippen molar-refractivity contribution in [3.63, 3.8) is 0 Å². The Labute approximate surface area is 101 Å². The van der Waals surface area contributed by atoms with Crippen LogP contribution in [0.2, 0.25) is 0 Å². The number of aromatic nitrogens is 1. The van der Waals surface area contributed by atoms with Crippen molar-refractivity contribution < 1.29 is 9.13 Å². The van der Waals surface area contributed by atoms with Gasteiger partial charge in [0.15, 0.2) is 0 Å². The lowest BCUT2D eigenvalue weighted by Gasteiger charge is -2.06. The molecule has 2 nitrogen and oxygen atoms in total. The van der Waals surface area contributed by atoms with E-state index < -0.39 is 0 Å². The first-order valence-corrected chi connectivity index (χ1v) is 5.50. The van der Waals surface area contributed by atoms with Crippen molar-refractivity contribution in [3.05, 3.63) is 52.4 Å². The lowest BCUT2D eigenvalue weighted by Crippen LogP contribution is -1.90. The third-order valence-electron chi connectivity index (χ3n) is 1.95. The Morgan fingerprint density at radius 3 is 2.81 bits per heavy atom. The molecule has 2 aromatic rings. The minimum absolute atomic E-state index is 0.333. The molecule has 0 unspecified atom stereocenters. The van der Waals surface area contributed by atoms with E-state index in [1.165, 1.54) is 12.1 Å². The van der Waals surface area contributed by atoms with Gasteiger partial charge in [0.1, 0.15) is 11.6 Å². The van der Waals surface area contributed by atoms with Crippen molar-refractivity contribution in [2.45, 2.75) is 6.92 Å². The van der Waals surface area contributed by atoms with Gasteiger partial charge in [-0.1, -0.05) is 6.07 Å². The van der Waals surface area contributed by atoms with Crippen LogP contribution in [-0.4, -0.2) is 4.98 Å². The predicted molar refractivity (Wildman–Crippen MR) is 63.1 cm³/mol. The van der Waals surface area contributed by atoms with Crippen LogP contribution in [0.5, 0.6) is 11.6 Å². The van der Waals surface area contributed by atoms with Crippen molar-refractivity contribution in [3.8, 4) is 11.6 Å². The van der Waals surface area contributed by atoms with E-state index >= 15 is 0 Å². The highest BCUT2D eigenvalue weighted by atomic mass is 79.9. The maximum Gasteiger partial charge on any atom is 0.233 e. The van der Waals surface area contributed by atoms with Crippen LogP contribution in [0.25, 0.3) is 0 Å². The molecule has 0 aliphatic heterocycles. The molecule has 2 rings (SSSR count). The molecule has 0 fully saturated rings. The fourth-order valence-electron chi connectivity index (χ4n) is 1.24. The molecule has 1 heterocycles. The second-order valence-electron chi connectivity index (χ2n) is 3.36. The summed E-state index contributed by atoms with van der Waals surface area (Å²) in [4.78, 5) is 4.11. The zero-order valence-corrected chi connectivity index (χ0v) is 10.2. The van der Waals surface area contributed by atoms with E-state index in [2.05, 4.69) is 20.9 Å². The number of nitrogens with zero attached hydrogens (tertiary/aromatic N) is 1. The van der Waals surface area contributed by atoms with Crippen molar-refractivity contribution in [1.29, 1.82) is 0 Å². The van der Waals surface area contributed by atoms with Crippen LogP contribution in [0, 0.1) is 12.7 Å². The Morgan fingerprint density at radius 1 is 1.31 bits per heavy atom. The number of hydrogen-bond acceptors (Lipinski definition) is 2. The summed E-state index contributed by atoms with van der Waals surface area (Å²) in [7, 11) is 0. The van der Waals surface area contributed by atoms with E-state index in [0.29, 0.717) is 11.6 Å². The first-order chi connectivity index (χ1) is 7.65. The number of rotatable bonds is 2. The van der Waals surface area contributed by atoms with E-state index in [1.54, 1.807) is 18.3 Å². The van der Waals surface area contributed by atoms with E-state index in [0.717, 1.165) is 10.0 Å². The molecule has 1 aromatic heterocycles. The maximum absolute atomic E-state index is 12.9. The Morgan fingerprint density at radius 2 is 2.12 bits per heavy atom. The summed E-state index contributed by atoms with van der Waals surface area (Å²) in [6.07, 6.45) is 1.69. The Balaban J connectivity index is 2.27. The van der Waals surface area contributed by atoms with Crippen molar-refractivity contribution in [2.75, 3.05) is 0 Å². The van der Waals surface area contributed by atoms with Crippen LogP contribution in [0.15, 0.2) is 41.0 Å². The molecule has 4 heteroatoms. The molecule has 0 atom stereocenters. The topological polar surface area (TPSA) is 22.1 Å². The summed E-state index contributed by atoms with van der Waals surface area (Å²) in [5.41, 5.74) is 1.03. The average Bonchev–Trinajstić information content (AvgIpc) is 2.22. The molecule has 82 valence electrons. The van der Waals surface area contributed by atoms with Gasteiger partial charge in [-0.15, -0.1) is 0 Å². The number of benzene rings is 1. The number of ether oxygens (including phenoxy) is 1. The molecule has 0 aliphatic rings. The van der Waals surface area contributed by atoms with Gasteiger partial charge in [-0.05, 0) is 46.6 Å². The van der Waals surface area contributed by atoms with Gasteiger partial charge in [0, 0.05) is 12.3 Å². The molecule has 0 N–H and O–H groups in total. The van der Waals surface area contributed by atoms with Crippen LogP contribution in [0.4, 0.5) is 4.39 Å². The van der Waals surface area contributed by atoms with Gasteiger partial charge in [0.05, 0.1) is 4.47 Å². The summed E-state index contributed by atoms with van der Waals surface area (Å²) in [6, 6.07) is 7.84. The summed E-state index contributed by atoms with van der Waals surface area (Å²) in [5, 5.41) is 0. The van der Waals surface area contributed by atoms with Crippen molar-refractivity contribution >= 4 is 15.9 Å². The normalized spacial score (nSPS) is 10.2. The van der Waals surface area contributed by atoms with Crippen LogP contribution < -0.4 is 4.74 Å². The standard InChI is InChI=1S/C12H9BrFNO/c1-8-5-11(13)12(15-7-8)16-10-4-2-3-9(14)6-10/h2-7H,1H3. The summed E-state index contributed by atoms with van der Waals surface area (Å²) in [5.74, 6) is 0.522. The first kappa shape index (κ1) is 11.1. The van der Waals surface area contributed by atoms with E-state index in [9.17, 15) is 4.39 Å². The number of pyridine rings is 1. The zero-order valence-electron chi connectivity index (χ0n) is 8.58. The fraction of sp³-hybridized carbons (Fsp3) is 0.0833. The molecule has 16 heavy (non-hydrogen) atoms. The monoisotopic (exact) mass is 281 g/mol. The van der Waals surface area contributed by atoms with Gasteiger partial charge < -0.3 is 4.74 Å². The second-order valence-corrected chi connectivity index (χ2v) is 4.21. The highest BCUT2D eigenvalue weighted by molar-refractivity contribution is 9.10. The minimum atomic E-state index is -0.333. The van der Waals surface area contributed by atoms with Gasteiger partial charge >= 0.3 is 0 Å². The summed E-state index contributed by atoms with van der Waals surface area (Å²) in [6.45, 7) is 1.93. The highest BCUT2D eigenvalue weighted by Gasteiger charge is 2.04. The highest BCUT2D eigenvalue weighted by Crippen LogP contribution is 2.27. The summed E-state index contributed by atoms with van der Waals surface area (Å²) < 4.78 is 19.1. The van der Waals surface area contributed by atoms with Crippen LogP contribution >= 0.6 is 15.9 Å². The molecule has 0 saturated carbocycles. The van der Waals surface area contributed by atoms with Gasteiger partial charge in [-0.3, -0.25) is 0 Å². The largest absolute Gasteiger partial charge is 0.438 e. The van der Waals surface area contributed by atoms with E-state index in [4.69, 9.17) is 4.74 Å². The molecule has 0 aliphatic carbocycles. The Hall–Kier alpha value is -1.42. The molecule has 0 saturated heterocycles. The molecule has 0 bridgehead atoms. The molecule has 0 spiro atoms. The smallest absolute Gasteiger partial charge is 0.233 e. The lowest BCUT2D eigenvalue weighted by atomic mass is 10.3. The number of aryl methyl sites for hydroxylation is 1. The molecular formula is C12H9BrFNO. The van der Waals surface area contributed by atoms with Crippen LogP contribution in [-0.2, 0) is 0 Å². The molecule has 0 radical (unpaired) electrons. The predicted octanol–water partition coefficient (Wildman–Crippen LogP) is 4.08. The lowest BCUT2D eigenvalue weighted by molar-refractivity contribution is 0.454. The van der Waals surface area contributed by atoms with Crippen LogP contribution in [0.3, 0.4) is 0 Å². The molecular weight excluding hydrogens is 273 g/mol. The number of hydrogen-bond donors (Lipinski definition) is 0. The van der Waals surface area contributed by atoms with Gasteiger partial charge in [-0.25, -0.2) is 9.37 Å². The SMILES string of the molecule is Cc1cnc(Oc2cccc(F)c2)c(Br)c1. The first-order valence-electron chi connectivity index (χ1n) is 4.71. The average molecular weight is 282 g/mol. The Kier molecular flexibility index (Phi) is 3.19. The zero-order chi connectivity index (χ0) is 11.5.